The third kappa shape index (κ3) is 2.17. The summed E-state index contributed by atoms with van der Waals surface area (Å²) >= 11 is 0. The first-order valence-corrected chi connectivity index (χ1v) is 7.93. The second-order valence-electron chi connectivity index (χ2n) is 7.48. The molecule has 3 aliphatic rings. The molecule has 0 aromatic heterocycles. The second-order valence-corrected chi connectivity index (χ2v) is 7.48. The van der Waals surface area contributed by atoms with Crippen LogP contribution in [-0.4, -0.2) is 49.8 Å². The largest absolute Gasteiger partial charge is 0.461 e. The molecule has 0 radical (unpaired) electrons. The van der Waals surface area contributed by atoms with E-state index >= 15 is 0 Å². The van der Waals surface area contributed by atoms with Gasteiger partial charge in [-0.1, -0.05) is 20.8 Å². The van der Waals surface area contributed by atoms with Gasteiger partial charge in [-0.3, -0.25) is 9.69 Å². The van der Waals surface area contributed by atoms with Crippen LogP contribution in [0.2, 0.25) is 0 Å². The summed E-state index contributed by atoms with van der Waals surface area (Å²) in [6.07, 6.45) is 3.66. The van der Waals surface area contributed by atoms with E-state index in [1.165, 1.54) is 12.8 Å². The van der Waals surface area contributed by atoms with Crippen LogP contribution in [0.5, 0.6) is 0 Å². The van der Waals surface area contributed by atoms with Gasteiger partial charge in [0.15, 0.2) is 0 Å². The number of nitrogens with zero attached hydrogens (tertiary/aromatic N) is 1. The van der Waals surface area contributed by atoms with Crippen LogP contribution in [0.15, 0.2) is 0 Å². The highest BCUT2D eigenvalue weighted by Crippen LogP contribution is 2.66. The van der Waals surface area contributed by atoms with Crippen LogP contribution in [0.4, 0.5) is 0 Å². The van der Waals surface area contributed by atoms with Crippen molar-refractivity contribution >= 4 is 5.97 Å². The molecule has 0 amide bonds. The highest BCUT2D eigenvalue weighted by Gasteiger charge is 2.62. The summed E-state index contributed by atoms with van der Waals surface area (Å²) in [5, 5.41) is 0. The zero-order valence-corrected chi connectivity index (χ0v) is 13.0. The van der Waals surface area contributed by atoms with Crippen molar-refractivity contribution in [1.29, 1.82) is 0 Å². The molecule has 0 spiro atoms. The molecule has 2 saturated carbocycles. The molecule has 0 aromatic rings. The Morgan fingerprint density at radius 3 is 2.55 bits per heavy atom. The fourth-order valence-electron chi connectivity index (χ4n) is 4.45. The van der Waals surface area contributed by atoms with Gasteiger partial charge in [0.05, 0.1) is 19.8 Å². The summed E-state index contributed by atoms with van der Waals surface area (Å²) in [5.74, 6) is 0.662. The highest BCUT2D eigenvalue weighted by molar-refractivity contribution is 5.72. The third-order valence-electron chi connectivity index (χ3n) is 6.44. The van der Waals surface area contributed by atoms with E-state index in [-0.39, 0.29) is 17.5 Å². The predicted octanol–water partition coefficient (Wildman–Crippen LogP) is 2.08. The van der Waals surface area contributed by atoms with E-state index in [0.717, 1.165) is 32.7 Å². The van der Waals surface area contributed by atoms with Gasteiger partial charge in [-0.2, -0.15) is 0 Å². The summed E-state index contributed by atoms with van der Waals surface area (Å²) < 4.78 is 11.2. The van der Waals surface area contributed by atoms with Gasteiger partial charge < -0.3 is 9.47 Å². The van der Waals surface area contributed by atoms with Crippen LogP contribution in [-0.2, 0) is 14.3 Å². The topological polar surface area (TPSA) is 38.8 Å². The summed E-state index contributed by atoms with van der Waals surface area (Å²) in [6, 6.07) is 0. The Hall–Kier alpha value is -0.610. The van der Waals surface area contributed by atoms with Crippen molar-refractivity contribution in [3.8, 4) is 0 Å². The van der Waals surface area contributed by atoms with E-state index < -0.39 is 0 Å². The second kappa shape index (κ2) is 4.99. The van der Waals surface area contributed by atoms with E-state index in [4.69, 9.17) is 9.47 Å². The van der Waals surface area contributed by atoms with E-state index in [1.54, 1.807) is 0 Å². The van der Waals surface area contributed by atoms with Crippen LogP contribution in [0.3, 0.4) is 0 Å². The van der Waals surface area contributed by atoms with Gasteiger partial charge in [0.2, 0.25) is 0 Å². The minimum absolute atomic E-state index is 0.0542. The number of hydrogen-bond acceptors (Lipinski definition) is 4. The fraction of sp³-hybridized carbons (Fsp3) is 0.938. The first kappa shape index (κ1) is 14.3. The highest BCUT2D eigenvalue weighted by atomic mass is 16.5. The maximum Gasteiger partial charge on any atom is 0.320 e. The van der Waals surface area contributed by atoms with Gasteiger partial charge in [-0.05, 0) is 30.6 Å². The normalized spacial score (nSPS) is 40.0. The van der Waals surface area contributed by atoms with Crippen molar-refractivity contribution < 1.29 is 14.3 Å². The number of hydrogen-bond donors (Lipinski definition) is 0. The Morgan fingerprint density at radius 1 is 1.30 bits per heavy atom. The molecule has 20 heavy (non-hydrogen) atoms. The minimum Gasteiger partial charge on any atom is -0.461 e. The summed E-state index contributed by atoms with van der Waals surface area (Å²) in [6.45, 7) is 10.6. The Labute approximate surface area is 121 Å². The summed E-state index contributed by atoms with van der Waals surface area (Å²) in [7, 11) is 0. The smallest absolute Gasteiger partial charge is 0.320 e. The fourth-order valence-corrected chi connectivity index (χ4v) is 4.45. The Kier molecular flexibility index (Phi) is 3.57. The number of morpholine rings is 1. The number of ether oxygens (including phenoxy) is 2. The zero-order valence-electron chi connectivity index (χ0n) is 13.0. The zero-order chi connectivity index (χ0) is 14.4. The molecule has 1 aliphatic heterocycles. The van der Waals surface area contributed by atoms with Gasteiger partial charge in [0, 0.05) is 18.5 Å². The number of esters is 1. The lowest BCUT2D eigenvalue weighted by molar-refractivity contribution is -0.159. The third-order valence-corrected chi connectivity index (χ3v) is 6.44. The van der Waals surface area contributed by atoms with Gasteiger partial charge in [-0.15, -0.1) is 0 Å². The van der Waals surface area contributed by atoms with Gasteiger partial charge in [-0.25, -0.2) is 0 Å². The average Bonchev–Trinajstić information content (AvgIpc) is 2.73. The molecule has 0 aromatic carbocycles. The van der Waals surface area contributed by atoms with Crippen molar-refractivity contribution in [3.63, 3.8) is 0 Å². The van der Waals surface area contributed by atoms with Crippen LogP contribution in [0, 0.1) is 16.7 Å². The molecule has 2 bridgehead atoms. The first-order valence-electron chi connectivity index (χ1n) is 7.93. The quantitative estimate of drug-likeness (QED) is 0.742. The predicted molar refractivity (Wildman–Crippen MR) is 76.4 cm³/mol. The molecule has 114 valence electrons. The van der Waals surface area contributed by atoms with Crippen molar-refractivity contribution in [1.82, 2.24) is 4.90 Å². The van der Waals surface area contributed by atoms with Crippen molar-refractivity contribution in [2.24, 2.45) is 16.7 Å². The Bertz CT molecular complexity index is 389. The number of fused-ring (bicyclic) bond motifs is 2. The van der Waals surface area contributed by atoms with E-state index in [2.05, 4.69) is 25.7 Å². The Balaban J connectivity index is 1.57. The van der Waals surface area contributed by atoms with Crippen LogP contribution < -0.4 is 0 Å². The molecule has 4 heteroatoms. The molecule has 3 fully saturated rings. The van der Waals surface area contributed by atoms with Gasteiger partial charge >= 0.3 is 5.97 Å². The lowest BCUT2D eigenvalue weighted by Gasteiger charge is -2.38. The molecule has 0 unspecified atom stereocenters. The van der Waals surface area contributed by atoms with Crippen molar-refractivity contribution in [3.05, 3.63) is 0 Å². The summed E-state index contributed by atoms with van der Waals surface area (Å²) in [5.41, 5.74) is 0.468. The number of carbonyl (C=O) groups excluding carboxylic acids is 1. The van der Waals surface area contributed by atoms with Crippen molar-refractivity contribution in [2.75, 3.05) is 32.8 Å². The maximum absolute atomic E-state index is 12.2. The van der Waals surface area contributed by atoms with Crippen LogP contribution >= 0.6 is 0 Å². The minimum atomic E-state index is -0.0542. The molecule has 3 rings (SSSR count). The van der Waals surface area contributed by atoms with Gasteiger partial charge in [0.1, 0.15) is 6.10 Å². The lowest BCUT2D eigenvalue weighted by Crippen LogP contribution is -2.43. The lowest BCUT2D eigenvalue weighted by atomic mass is 9.70. The van der Waals surface area contributed by atoms with E-state index in [9.17, 15) is 4.79 Å². The van der Waals surface area contributed by atoms with E-state index in [0.29, 0.717) is 17.9 Å². The molecule has 0 N–H and O–H groups in total. The molecule has 1 heterocycles. The van der Waals surface area contributed by atoms with Gasteiger partial charge in [0.25, 0.3) is 0 Å². The van der Waals surface area contributed by atoms with Crippen LogP contribution in [0.25, 0.3) is 0 Å². The molecular formula is C16H27NO3. The average molecular weight is 281 g/mol. The molecule has 4 nitrogen and oxygen atoms in total. The monoisotopic (exact) mass is 281 g/mol. The number of carbonyl (C=O) groups is 1. The SMILES string of the molecule is CC1(C)[C@H]2CC[C@@]1(C)[C@@H](OC(=O)CN1CCOCC1)C2. The molecule has 3 atom stereocenters. The van der Waals surface area contributed by atoms with Crippen molar-refractivity contribution in [2.45, 2.75) is 46.1 Å². The first-order chi connectivity index (χ1) is 9.43. The molecular weight excluding hydrogens is 254 g/mol. The Morgan fingerprint density at radius 2 is 2.00 bits per heavy atom. The number of rotatable bonds is 3. The van der Waals surface area contributed by atoms with E-state index in [1.807, 2.05) is 0 Å². The van der Waals surface area contributed by atoms with Crippen LogP contribution in [0.1, 0.15) is 40.0 Å². The standard InChI is InChI=1S/C16H27NO3/c1-15(2)12-4-5-16(15,3)13(10-12)20-14(18)11-17-6-8-19-9-7-17/h12-13H,4-11H2,1-3H3/t12-,13-,16-/m0/s1. The molecule has 2 aliphatic carbocycles. The summed E-state index contributed by atoms with van der Waals surface area (Å²) in [4.78, 5) is 14.3. The maximum atomic E-state index is 12.2. The molecule has 1 saturated heterocycles.